The minimum Gasteiger partial charge on any atom is -0.495 e. The van der Waals surface area contributed by atoms with E-state index in [1.54, 1.807) is 25.3 Å². The van der Waals surface area contributed by atoms with Gasteiger partial charge in [0.2, 0.25) is 0 Å². The van der Waals surface area contributed by atoms with E-state index in [1.165, 1.54) is 0 Å². The molecule has 0 unspecified atom stereocenters. The number of benzene rings is 1. The molecule has 2 N–H and O–H groups in total. The van der Waals surface area contributed by atoms with E-state index < -0.39 is 0 Å². The minimum atomic E-state index is -0.253. The quantitative estimate of drug-likeness (QED) is 0.898. The number of nitrogens with one attached hydrogen (secondary N) is 2. The number of amides is 2. The number of halogens is 1. The molecule has 0 spiro atoms. The molecule has 0 bridgehead atoms. The van der Waals surface area contributed by atoms with Gasteiger partial charge >= 0.3 is 6.03 Å². The first-order valence-electron chi connectivity index (χ1n) is 6.65. The molecule has 1 fully saturated rings. The third-order valence-electron chi connectivity index (χ3n) is 3.30. The van der Waals surface area contributed by atoms with Crippen LogP contribution in [-0.2, 0) is 4.74 Å². The zero-order valence-corrected chi connectivity index (χ0v) is 12.2. The Hall–Kier alpha value is -1.46. The summed E-state index contributed by atoms with van der Waals surface area (Å²) >= 11 is 5.91. The Morgan fingerprint density at radius 3 is 2.90 bits per heavy atom. The molecule has 1 saturated heterocycles. The van der Waals surface area contributed by atoms with E-state index in [1.807, 2.05) is 0 Å². The largest absolute Gasteiger partial charge is 0.495 e. The number of anilines is 1. The van der Waals surface area contributed by atoms with Crippen molar-refractivity contribution >= 4 is 23.3 Å². The van der Waals surface area contributed by atoms with Crippen LogP contribution in [0.3, 0.4) is 0 Å². The molecule has 6 heteroatoms. The molecule has 110 valence electrons. The van der Waals surface area contributed by atoms with Crippen molar-refractivity contribution < 1.29 is 14.3 Å². The molecule has 0 aliphatic carbocycles. The summed E-state index contributed by atoms with van der Waals surface area (Å²) in [6.45, 7) is 2.20. The maximum Gasteiger partial charge on any atom is 0.319 e. The van der Waals surface area contributed by atoms with Crippen molar-refractivity contribution in [2.24, 2.45) is 5.92 Å². The average Bonchev–Trinajstić information content (AvgIpc) is 2.46. The number of carbonyl (C=O) groups is 1. The van der Waals surface area contributed by atoms with Crippen LogP contribution in [0, 0.1) is 5.92 Å². The summed E-state index contributed by atoms with van der Waals surface area (Å²) in [7, 11) is 1.55. The number of rotatable bonds is 4. The van der Waals surface area contributed by atoms with Gasteiger partial charge in [-0.05, 0) is 37.0 Å². The highest BCUT2D eigenvalue weighted by atomic mass is 35.5. The Morgan fingerprint density at radius 2 is 2.20 bits per heavy atom. The van der Waals surface area contributed by atoms with Gasteiger partial charge in [0.1, 0.15) is 5.75 Å². The van der Waals surface area contributed by atoms with Gasteiger partial charge in [-0.25, -0.2) is 4.79 Å². The fourth-order valence-electron chi connectivity index (χ4n) is 2.13. The lowest BCUT2D eigenvalue weighted by atomic mass is 10.0. The topological polar surface area (TPSA) is 59.6 Å². The molecule has 2 amide bonds. The molecule has 1 aliphatic rings. The summed E-state index contributed by atoms with van der Waals surface area (Å²) in [6.07, 6.45) is 1.97. The van der Waals surface area contributed by atoms with Crippen molar-refractivity contribution in [2.75, 3.05) is 32.2 Å². The zero-order valence-electron chi connectivity index (χ0n) is 11.4. The van der Waals surface area contributed by atoms with Gasteiger partial charge in [0.25, 0.3) is 0 Å². The van der Waals surface area contributed by atoms with Crippen molar-refractivity contribution in [3.05, 3.63) is 23.2 Å². The molecule has 0 saturated carbocycles. The van der Waals surface area contributed by atoms with Crippen LogP contribution in [0.2, 0.25) is 5.02 Å². The van der Waals surface area contributed by atoms with Gasteiger partial charge in [-0.3, -0.25) is 0 Å². The first-order chi connectivity index (χ1) is 9.69. The zero-order chi connectivity index (χ0) is 14.4. The summed E-state index contributed by atoms with van der Waals surface area (Å²) in [4.78, 5) is 11.9. The number of carbonyl (C=O) groups excluding carboxylic acids is 1. The number of hydrogen-bond donors (Lipinski definition) is 2. The van der Waals surface area contributed by atoms with Gasteiger partial charge in [0.15, 0.2) is 0 Å². The second kappa shape index (κ2) is 7.36. The second-order valence-electron chi connectivity index (χ2n) is 4.74. The molecular formula is C14H19ClN2O3. The molecule has 0 aromatic heterocycles. The lowest BCUT2D eigenvalue weighted by molar-refractivity contribution is 0.0671. The standard InChI is InChI=1S/C14H19ClN2O3/c1-19-13-3-2-11(15)8-12(13)17-14(18)16-9-10-4-6-20-7-5-10/h2-3,8,10H,4-7,9H2,1H3,(H2,16,17,18). The number of ether oxygens (including phenoxy) is 2. The molecule has 1 aliphatic heterocycles. The highest BCUT2D eigenvalue weighted by Crippen LogP contribution is 2.27. The van der Waals surface area contributed by atoms with Crippen LogP contribution in [-0.4, -0.2) is 32.9 Å². The number of urea groups is 1. The van der Waals surface area contributed by atoms with Gasteiger partial charge < -0.3 is 20.1 Å². The van der Waals surface area contributed by atoms with Crippen molar-refractivity contribution in [1.82, 2.24) is 5.32 Å². The summed E-state index contributed by atoms with van der Waals surface area (Å²) in [5.41, 5.74) is 0.560. The fourth-order valence-corrected chi connectivity index (χ4v) is 2.30. The Bertz CT molecular complexity index is 462. The van der Waals surface area contributed by atoms with Crippen molar-refractivity contribution in [3.63, 3.8) is 0 Å². The first kappa shape index (κ1) is 14.9. The highest BCUT2D eigenvalue weighted by Gasteiger charge is 2.15. The smallest absolute Gasteiger partial charge is 0.319 e. The van der Waals surface area contributed by atoms with E-state index >= 15 is 0 Å². The Balaban J connectivity index is 1.86. The predicted molar refractivity (Wildman–Crippen MR) is 78.6 cm³/mol. The van der Waals surface area contributed by atoms with E-state index in [0.29, 0.717) is 28.9 Å². The van der Waals surface area contributed by atoms with E-state index in [0.717, 1.165) is 26.1 Å². The first-order valence-corrected chi connectivity index (χ1v) is 7.03. The summed E-state index contributed by atoms with van der Waals surface area (Å²) < 4.78 is 10.5. The third-order valence-corrected chi connectivity index (χ3v) is 3.54. The molecule has 0 atom stereocenters. The van der Waals surface area contributed by atoms with Crippen LogP contribution < -0.4 is 15.4 Å². The molecule has 1 aromatic carbocycles. The SMILES string of the molecule is COc1ccc(Cl)cc1NC(=O)NCC1CCOCC1. The van der Waals surface area contributed by atoms with E-state index in [2.05, 4.69) is 10.6 Å². The molecule has 2 rings (SSSR count). The van der Waals surface area contributed by atoms with E-state index in [-0.39, 0.29) is 6.03 Å². The molecule has 1 aromatic rings. The fraction of sp³-hybridized carbons (Fsp3) is 0.500. The van der Waals surface area contributed by atoms with Crippen molar-refractivity contribution in [2.45, 2.75) is 12.8 Å². The summed E-state index contributed by atoms with van der Waals surface area (Å²) in [5.74, 6) is 1.06. The Kier molecular flexibility index (Phi) is 5.49. The lowest BCUT2D eigenvalue weighted by Gasteiger charge is -2.22. The Labute approximate surface area is 123 Å². The molecule has 0 radical (unpaired) electrons. The maximum absolute atomic E-state index is 11.9. The maximum atomic E-state index is 11.9. The summed E-state index contributed by atoms with van der Waals surface area (Å²) in [6, 6.07) is 4.84. The molecule has 1 heterocycles. The van der Waals surface area contributed by atoms with Crippen molar-refractivity contribution in [3.8, 4) is 5.75 Å². The van der Waals surface area contributed by atoms with E-state index in [4.69, 9.17) is 21.1 Å². The third kappa shape index (κ3) is 4.28. The van der Waals surface area contributed by atoms with Gasteiger partial charge in [-0.2, -0.15) is 0 Å². The average molecular weight is 299 g/mol. The van der Waals surface area contributed by atoms with Gasteiger partial charge in [0, 0.05) is 24.8 Å². The molecule has 5 nitrogen and oxygen atoms in total. The summed E-state index contributed by atoms with van der Waals surface area (Å²) in [5, 5.41) is 6.17. The lowest BCUT2D eigenvalue weighted by Crippen LogP contribution is -2.35. The Morgan fingerprint density at radius 1 is 1.45 bits per heavy atom. The highest BCUT2D eigenvalue weighted by molar-refractivity contribution is 6.31. The van der Waals surface area contributed by atoms with Crippen LogP contribution in [0.1, 0.15) is 12.8 Å². The number of methoxy groups -OCH3 is 1. The van der Waals surface area contributed by atoms with Gasteiger partial charge in [0.05, 0.1) is 12.8 Å². The minimum absolute atomic E-state index is 0.253. The predicted octanol–water partition coefficient (Wildman–Crippen LogP) is 2.90. The molecular weight excluding hydrogens is 280 g/mol. The van der Waals surface area contributed by atoms with Crippen LogP contribution in [0.25, 0.3) is 0 Å². The van der Waals surface area contributed by atoms with Crippen molar-refractivity contribution in [1.29, 1.82) is 0 Å². The van der Waals surface area contributed by atoms with E-state index in [9.17, 15) is 4.79 Å². The monoisotopic (exact) mass is 298 g/mol. The normalized spacial score (nSPS) is 15.7. The van der Waals surface area contributed by atoms with Crippen LogP contribution in [0.4, 0.5) is 10.5 Å². The van der Waals surface area contributed by atoms with Crippen LogP contribution >= 0.6 is 11.6 Å². The van der Waals surface area contributed by atoms with Crippen LogP contribution in [0.15, 0.2) is 18.2 Å². The molecule has 20 heavy (non-hydrogen) atoms. The van der Waals surface area contributed by atoms with Gasteiger partial charge in [-0.15, -0.1) is 0 Å². The van der Waals surface area contributed by atoms with Gasteiger partial charge in [-0.1, -0.05) is 11.6 Å². The number of hydrogen-bond acceptors (Lipinski definition) is 3. The van der Waals surface area contributed by atoms with Crippen LogP contribution in [0.5, 0.6) is 5.75 Å². The second-order valence-corrected chi connectivity index (χ2v) is 5.17.